The van der Waals surface area contributed by atoms with Crippen LogP contribution in [0.25, 0.3) is 0 Å². The molecule has 1 fully saturated rings. The highest BCUT2D eigenvalue weighted by atomic mass is 31.2. The number of benzene rings is 1. The average molecular weight is 341 g/mol. The number of nitrogens with one attached hydrogen (secondary N) is 1. The van der Waals surface area contributed by atoms with Crippen LogP contribution in [0.3, 0.4) is 0 Å². The van der Waals surface area contributed by atoms with E-state index < -0.39 is 14.2 Å². The van der Waals surface area contributed by atoms with Crippen molar-refractivity contribution in [2.45, 2.75) is 12.6 Å². The van der Waals surface area contributed by atoms with Gasteiger partial charge in [0.1, 0.15) is 5.82 Å². The quantitative estimate of drug-likeness (QED) is 0.721. The van der Waals surface area contributed by atoms with Crippen LogP contribution in [0.15, 0.2) is 35.3 Å². The van der Waals surface area contributed by atoms with Gasteiger partial charge in [-0.25, -0.2) is 13.5 Å². The summed E-state index contributed by atoms with van der Waals surface area (Å²) < 4.78 is 19.6. The summed E-state index contributed by atoms with van der Waals surface area (Å²) >= 11 is 0. The Morgan fingerprint density at radius 2 is 2.09 bits per heavy atom. The fourth-order valence-electron chi connectivity index (χ4n) is 2.73. The molecule has 0 amide bonds. The summed E-state index contributed by atoms with van der Waals surface area (Å²) in [5, 5.41) is 0. The maximum absolute atomic E-state index is 13.1. The number of nitrogens with zero attached hydrogens (tertiary/aromatic N) is 2. The van der Waals surface area contributed by atoms with Crippen molar-refractivity contribution in [3.05, 3.63) is 58.0 Å². The van der Waals surface area contributed by atoms with Gasteiger partial charge in [0.25, 0.3) is 8.53 Å². The van der Waals surface area contributed by atoms with Crippen molar-refractivity contribution >= 4 is 8.53 Å². The van der Waals surface area contributed by atoms with E-state index in [0.717, 1.165) is 9.90 Å². The van der Waals surface area contributed by atoms with E-state index in [9.17, 15) is 19.0 Å². The lowest BCUT2D eigenvalue weighted by Gasteiger charge is -2.35. The second kappa shape index (κ2) is 6.90. The van der Waals surface area contributed by atoms with Crippen LogP contribution >= 0.6 is 8.53 Å². The van der Waals surface area contributed by atoms with Crippen molar-refractivity contribution in [2.75, 3.05) is 19.8 Å². The SMILES string of the molecule is O=c1[nH]cc(CN2CCOC[C@@H]2c2ccc(F)cc2)n1P(O)O. The highest BCUT2D eigenvalue weighted by Gasteiger charge is 2.26. The first-order valence-electron chi connectivity index (χ1n) is 7.11. The molecule has 0 unspecified atom stereocenters. The first-order valence-corrected chi connectivity index (χ1v) is 8.31. The van der Waals surface area contributed by atoms with Crippen LogP contribution in [-0.2, 0) is 11.3 Å². The van der Waals surface area contributed by atoms with Crippen LogP contribution in [-0.4, -0.2) is 43.8 Å². The maximum Gasteiger partial charge on any atom is 0.332 e. The molecule has 1 aliphatic heterocycles. The minimum absolute atomic E-state index is 0.0913. The zero-order chi connectivity index (χ0) is 16.4. The van der Waals surface area contributed by atoms with Crippen molar-refractivity contribution < 1.29 is 18.9 Å². The Labute approximate surface area is 132 Å². The van der Waals surface area contributed by atoms with Crippen LogP contribution < -0.4 is 5.69 Å². The van der Waals surface area contributed by atoms with E-state index in [0.29, 0.717) is 32.0 Å². The first kappa shape index (κ1) is 16.3. The van der Waals surface area contributed by atoms with E-state index in [1.807, 2.05) is 0 Å². The van der Waals surface area contributed by atoms with Crippen LogP contribution in [0.1, 0.15) is 17.3 Å². The van der Waals surface area contributed by atoms with Crippen LogP contribution in [0, 0.1) is 5.82 Å². The molecule has 9 heteroatoms. The summed E-state index contributed by atoms with van der Waals surface area (Å²) in [4.78, 5) is 35.0. The number of aromatic amines is 1. The Hall–Kier alpha value is -1.57. The smallest absolute Gasteiger partial charge is 0.332 e. The van der Waals surface area contributed by atoms with E-state index in [1.54, 1.807) is 12.1 Å². The minimum atomic E-state index is -2.53. The standard InChI is InChI=1S/C14H17FN3O4P/c15-11-3-1-10(2-4-11)13-9-22-6-5-17(13)8-12-7-16-14(19)18(12)23(20)21/h1-4,7,13,20-21H,5-6,8-9H2,(H,16,19)/t13-/m1/s1. The molecule has 1 aliphatic rings. The predicted octanol–water partition coefficient (Wildman–Crippen LogP) is 0.949. The molecule has 0 radical (unpaired) electrons. The number of H-pyrrole nitrogens is 1. The number of imidazole rings is 1. The van der Waals surface area contributed by atoms with Gasteiger partial charge >= 0.3 is 5.69 Å². The number of ether oxygens (including phenoxy) is 1. The van der Waals surface area contributed by atoms with Crippen molar-refractivity contribution in [1.82, 2.24) is 14.2 Å². The Kier molecular flexibility index (Phi) is 4.89. The Morgan fingerprint density at radius 1 is 1.35 bits per heavy atom. The third kappa shape index (κ3) is 3.52. The van der Waals surface area contributed by atoms with E-state index >= 15 is 0 Å². The van der Waals surface area contributed by atoms with E-state index in [1.165, 1.54) is 18.3 Å². The summed E-state index contributed by atoms with van der Waals surface area (Å²) in [6.07, 6.45) is 1.47. The zero-order valence-corrected chi connectivity index (χ0v) is 13.1. The molecular formula is C14H17FN3O4P. The molecule has 3 rings (SSSR count). The minimum Gasteiger partial charge on any atom is -0.378 e. The van der Waals surface area contributed by atoms with Crippen molar-refractivity contribution in [3.63, 3.8) is 0 Å². The molecule has 1 saturated heterocycles. The summed E-state index contributed by atoms with van der Waals surface area (Å²) in [5.74, 6) is -0.303. The molecule has 0 bridgehead atoms. The summed E-state index contributed by atoms with van der Waals surface area (Å²) in [6, 6.07) is 6.11. The first-order chi connectivity index (χ1) is 11.1. The fourth-order valence-corrected chi connectivity index (χ4v) is 3.30. The van der Waals surface area contributed by atoms with Gasteiger partial charge < -0.3 is 19.5 Å². The van der Waals surface area contributed by atoms with Crippen molar-refractivity contribution in [1.29, 1.82) is 0 Å². The fraction of sp³-hybridized carbons (Fsp3) is 0.357. The lowest BCUT2D eigenvalue weighted by molar-refractivity contribution is -0.0134. The lowest BCUT2D eigenvalue weighted by Crippen LogP contribution is -2.39. The highest BCUT2D eigenvalue weighted by molar-refractivity contribution is 7.43. The molecule has 2 aromatic rings. The summed E-state index contributed by atoms with van der Waals surface area (Å²) in [6.45, 7) is 1.97. The largest absolute Gasteiger partial charge is 0.378 e. The van der Waals surface area contributed by atoms with Gasteiger partial charge in [0, 0.05) is 19.3 Å². The number of rotatable bonds is 4. The number of aromatic nitrogens is 2. The van der Waals surface area contributed by atoms with E-state index in [2.05, 4.69) is 9.88 Å². The van der Waals surface area contributed by atoms with Gasteiger partial charge in [-0.05, 0) is 17.7 Å². The number of hydrogen-bond donors (Lipinski definition) is 3. The van der Waals surface area contributed by atoms with Crippen molar-refractivity contribution in [3.8, 4) is 0 Å². The molecule has 3 N–H and O–H groups in total. The number of morpholine rings is 1. The molecule has 7 nitrogen and oxygen atoms in total. The van der Waals surface area contributed by atoms with Crippen LogP contribution in [0.2, 0.25) is 0 Å². The molecule has 1 atom stereocenters. The molecule has 0 spiro atoms. The second-order valence-corrected chi connectivity index (χ2v) is 6.21. The van der Waals surface area contributed by atoms with Crippen LogP contribution in [0.4, 0.5) is 4.39 Å². The monoisotopic (exact) mass is 341 g/mol. The van der Waals surface area contributed by atoms with Gasteiger partial charge in [-0.2, -0.15) is 0 Å². The molecule has 0 saturated carbocycles. The Morgan fingerprint density at radius 3 is 2.78 bits per heavy atom. The molecular weight excluding hydrogens is 324 g/mol. The Balaban J connectivity index is 1.85. The third-order valence-electron chi connectivity index (χ3n) is 3.86. The number of hydrogen-bond acceptors (Lipinski definition) is 5. The lowest BCUT2D eigenvalue weighted by atomic mass is 10.0. The number of halogens is 1. The van der Waals surface area contributed by atoms with E-state index in [-0.39, 0.29) is 11.9 Å². The van der Waals surface area contributed by atoms with Gasteiger partial charge in [-0.3, -0.25) is 4.90 Å². The topological polar surface area (TPSA) is 90.7 Å². The highest BCUT2D eigenvalue weighted by Crippen LogP contribution is 2.29. The van der Waals surface area contributed by atoms with Gasteiger partial charge in [-0.1, -0.05) is 12.1 Å². The van der Waals surface area contributed by atoms with Gasteiger partial charge in [0.15, 0.2) is 0 Å². The van der Waals surface area contributed by atoms with Gasteiger partial charge in [0.05, 0.1) is 24.9 Å². The second-order valence-electron chi connectivity index (χ2n) is 5.28. The van der Waals surface area contributed by atoms with E-state index in [4.69, 9.17) is 4.74 Å². The molecule has 124 valence electrons. The summed E-state index contributed by atoms with van der Waals surface area (Å²) in [5.41, 5.74) is 0.841. The molecule has 2 heterocycles. The zero-order valence-electron chi connectivity index (χ0n) is 12.2. The Bertz CT molecular complexity index is 716. The summed E-state index contributed by atoms with van der Waals surface area (Å²) in [7, 11) is -2.53. The predicted molar refractivity (Wildman–Crippen MR) is 82.2 cm³/mol. The van der Waals surface area contributed by atoms with Crippen LogP contribution in [0.5, 0.6) is 0 Å². The average Bonchev–Trinajstić information content (AvgIpc) is 2.89. The normalized spacial score (nSPS) is 19.4. The maximum atomic E-state index is 13.1. The van der Waals surface area contributed by atoms with Gasteiger partial charge in [0.2, 0.25) is 0 Å². The van der Waals surface area contributed by atoms with Gasteiger partial charge in [-0.15, -0.1) is 0 Å². The molecule has 1 aromatic heterocycles. The molecule has 1 aromatic carbocycles. The molecule has 23 heavy (non-hydrogen) atoms. The van der Waals surface area contributed by atoms with Crippen molar-refractivity contribution in [2.24, 2.45) is 0 Å². The third-order valence-corrected chi connectivity index (χ3v) is 4.66. The molecule has 0 aliphatic carbocycles.